The van der Waals surface area contributed by atoms with Crippen molar-refractivity contribution in [2.75, 3.05) is 0 Å². The second-order valence-electron chi connectivity index (χ2n) is 1.05. The van der Waals surface area contributed by atoms with Crippen molar-refractivity contribution in [1.82, 2.24) is 0 Å². The molecular formula is C5H5CoI2. The van der Waals surface area contributed by atoms with E-state index in [-0.39, 0.29) is 0 Å². The molecule has 3 heteroatoms. The molecule has 48 valence electrons. The topological polar surface area (TPSA) is 0 Å². The first-order valence-corrected chi connectivity index (χ1v) is 8.69. The van der Waals surface area contributed by atoms with Crippen LogP contribution >= 0.6 is 40.8 Å². The van der Waals surface area contributed by atoms with Crippen LogP contribution in [0.1, 0.15) is 6.42 Å². The fourth-order valence-corrected chi connectivity index (χ4v) is 0.340. The molecular weight excluding hydrogens is 373 g/mol. The van der Waals surface area contributed by atoms with Crippen LogP contribution < -0.4 is 0 Å². The SMILES string of the molecule is [C-]1=CC=CC1.[I][Co+][I]. The Labute approximate surface area is 78.8 Å². The van der Waals surface area contributed by atoms with E-state index in [1.807, 2.05) is 12.2 Å². The van der Waals surface area contributed by atoms with E-state index in [1.165, 1.54) is 8.26 Å². The van der Waals surface area contributed by atoms with Gasteiger partial charge in [0.05, 0.1) is 0 Å². The summed E-state index contributed by atoms with van der Waals surface area (Å²) < 4.78 is 0. The first kappa shape index (κ1) is 9.45. The molecule has 0 aliphatic heterocycles. The third-order valence-corrected chi connectivity index (χ3v) is 0.586. The van der Waals surface area contributed by atoms with E-state index in [4.69, 9.17) is 0 Å². The molecule has 0 amide bonds. The van der Waals surface area contributed by atoms with Gasteiger partial charge in [0.1, 0.15) is 0 Å². The van der Waals surface area contributed by atoms with Crippen molar-refractivity contribution in [3.8, 4) is 0 Å². The molecule has 0 radical (unpaired) electrons. The minimum atomic E-state index is 1.01. The van der Waals surface area contributed by atoms with Crippen LogP contribution in [-0.4, -0.2) is 0 Å². The first-order valence-electron chi connectivity index (χ1n) is 1.97. The molecule has 0 N–H and O–H groups in total. The molecule has 0 aromatic rings. The van der Waals surface area contributed by atoms with E-state index >= 15 is 0 Å². The molecule has 0 heterocycles. The molecule has 0 aromatic carbocycles. The van der Waals surface area contributed by atoms with Crippen LogP contribution in [0.3, 0.4) is 0 Å². The Morgan fingerprint density at radius 3 is 2.25 bits per heavy atom. The number of allylic oxidation sites excluding steroid dienone is 4. The van der Waals surface area contributed by atoms with Gasteiger partial charge in [-0.25, -0.2) is 12.2 Å². The minimum absolute atomic E-state index is 1.01. The molecule has 1 aliphatic carbocycles. The van der Waals surface area contributed by atoms with Crippen LogP contribution in [0.4, 0.5) is 0 Å². The van der Waals surface area contributed by atoms with Gasteiger partial charge in [-0.15, -0.1) is 6.42 Å². The van der Waals surface area contributed by atoms with E-state index < -0.39 is 0 Å². The van der Waals surface area contributed by atoms with E-state index in [9.17, 15) is 0 Å². The Balaban J connectivity index is 0.000000145. The zero-order valence-corrected chi connectivity index (χ0v) is 9.38. The second kappa shape index (κ2) is 8.45. The van der Waals surface area contributed by atoms with Crippen molar-refractivity contribution >= 4 is 40.8 Å². The van der Waals surface area contributed by atoms with Crippen molar-refractivity contribution in [3.05, 3.63) is 24.3 Å². The third kappa shape index (κ3) is 7.45. The van der Waals surface area contributed by atoms with Gasteiger partial charge in [0.2, 0.25) is 0 Å². The molecule has 0 saturated heterocycles. The molecule has 0 bridgehead atoms. The van der Waals surface area contributed by atoms with Crippen LogP contribution in [0.2, 0.25) is 0 Å². The Bertz CT molecular complexity index is 78.4. The summed E-state index contributed by atoms with van der Waals surface area (Å²) in [5.74, 6) is 0. The molecule has 0 atom stereocenters. The third-order valence-electron chi connectivity index (χ3n) is 0.586. The average Bonchev–Trinajstić information content (AvgIpc) is 2.17. The van der Waals surface area contributed by atoms with Crippen LogP contribution in [0.25, 0.3) is 0 Å². The van der Waals surface area contributed by atoms with Gasteiger partial charge < -0.3 is 0 Å². The summed E-state index contributed by atoms with van der Waals surface area (Å²) in [6.07, 6.45) is 10.0. The van der Waals surface area contributed by atoms with Crippen molar-refractivity contribution in [2.24, 2.45) is 0 Å². The zero-order valence-electron chi connectivity index (χ0n) is 4.03. The van der Waals surface area contributed by atoms with Crippen LogP contribution in [0.5, 0.6) is 0 Å². The van der Waals surface area contributed by atoms with Crippen molar-refractivity contribution in [1.29, 1.82) is 0 Å². The second-order valence-corrected chi connectivity index (χ2v) is 9.84. The summed E-state index contributed by atoms with van der Waals surface area (Å²) in [6.45, 7) is 0. The van der Waals surface area contributed by atoms with Gasteiger partial charge in [-0.1, -0.05) is 0 Å². The number of rotatable bonds is 0. The average molecular weight is 378 g/mol. The van der Waals surface area contributed by atoms with E-state index in [2.05, 4.69) is 53.0 Å². The zero-order chi connectivity index (χ0) is 6.24. The van der Waals surface area contributed by atoms with E-state index in [1.54, 1.807) is 0 Å². The molecule has 0 spiro atoms. The van der Waals surface area contributed by atoms with Gasteiger partial charge in [0.15, 0.2) is 0 Å². The van der Waals surface area contributed by atoms with E-state index in [0.717, 1.165) is 6.42 Å². The number of halogens is 2. The quantitative estimate of drug-likeness (QED) is 0.449. The molecule has 0 aromatic heterocycles. The summed E-state index contributed by atoms with van der Waals surface area (Å²) in [4.78, 5) is 0. The Morgan fingerprint density at radius 2 is 2.12 bits per heavy atom. The molecule has 1 rings (SSSR count). The van der Waals surface area contributed by atoms with Crippen LogP contribution in [0, 0.1) is 6.08 Å². The number of hydrogen-bond acceptors (Lipinski definition) is 0. The monoisotopic (exact) mass is 378 g/mol. The maximum atomic E-state index is 2.99. The number of hydrogen-bond donors (Lipinski definition) is 0. The summed E-state index contributed by atoms with van der Waals surface area (Å²) in [5.41, 5.74) is 0. The molecule has 1 aliphatic rings. The summed E-state index contributed by atoms with van der Waals surface area (Å²) in [6, 6.07) is 0. The van der Waals surface area contributed by atoms with E-state index in [0.29, 0.717) is 0 Å². The summed E-state index contributed by atoms with van der Waals surface area (Å²) in [7, 11) is 1.38. The van der Waals surface area contributed by atoms with Crippen LogP contribution in [-0.2, 0) is 8.26 Å². The van der Waals surface area contributed by atoms with Crippen molar-refractivity contribution < 1.29 is 8.26 Å². The molecule has 0 nitrogen and oxygen atoms in total. The molecule has 0 fully saturated rings. The van der Waals surface area contributed by atoms with Crippen LogP contribution in [0.15, 0.2) is 18.2 Å². The molecule has 8 heavy (non-hydrogen) atoms. The maximum absolute atomic E-state index is 2.99. The van der Waals surface area contributed by atoms with Gasteiger partial charge in [-0.2, -0.15) is 6.08 Å². The first-order chi connectivity index (χ1) is 3.91. The Kier molecular flexibility index (Phi) is 9.97. The normalized spacial score (nSPS) is 13.8. The molecule has 0 saturated carbocycles. The summed E-state index contributed by atoms with van der Waals surface area (Å²) >= 11 is 4.49. The van der Waals surface area contributed by atoms with Gasteiger partial charge >= 0.3 is 49.1 Å². The summed E-state index contributed by atoms with van der Waals surface area (Å²) in [5, 5.41) is 0. The standard InChI is InChI=1S/C5H5.Co.2HI/c1-2-4-5-3-1;;;/h1-3H,4H2;;2*1H/q-1;+3;;/p-2. The van der Waals surface area contributed by atoms with Gasteiger partial charge in [0.25, 0.3) is 0 Å². The van der Waals surface area contributed by atoms with Crippen molar-refractivity contribution in [2.45, 2.75) is 6.42 Å². The fraction of sp³-hybridized carbons (Fsp3) is 0.200. The predicted molar refractivity (Wildman–Crippen MR) is 49.6 cm³/mol. The fourth-order valence-electron chi connectivity index (χ4n) is 0.340. The Morgan fingerprint density at radius 1 is 1.50 bits per heavy atom. The predicted octanol–water partition coefficient (Wildman–Crippen LogP) is 3.07. The van der Waals surface area contributed by atoms with Gasteiger partial charge in [-0.05, 0) is 0 Å². The molecule has 0 unspecified atom stereocenters. The van der Waals surface area contributed by atoms with Gasteiger partial charge in [-0.3, -0.25) is 6.08 Å². The Hall–Kier alpha value is 1.45. The van der Waals surface area contributed by atoms with Gasteiger partial charge in [0, 0.05) is 0 Å². The van der Waals surface area contributed by atoms with Crippen molar-refractivity contribution in [3.63, 3.8) is 0 Å².